The zero-order valence-electron chi connectivity index (χ0n) is 17.6. The van der Waals surface area contributed by atoms with Gasteiger partial charge in [0, 0.05) is 23.5 Å². The molecule has 1 atom stereocenters. The molecule has 4 rings (SSSR count). The van der Waals surface area contributed by atoms with Crippen LogP contribution in [0, 0.1) is 11.6 Å². The first-order chi connectivity index (χ1) is 15.4. The number of aryl methyl sites for hydroxylation is 1. The van der Waals surface area contributed by atoms with Gasteiger partial charge in [0.2, 0.25) is 0 Å². The predicted molar refractivity (Wildman–Crippen MR) is 113 cm³/mol. The van der Waals surface area contributed by atoms with Gasteiger partial charge in [-0.25, -0.2) is 23.1 Å². The van der Waals surface area contributed by atoms with Crippen LogP contribution in [0.1, 0.15) is 36.3 Å². The summed E-state index contributed by atoms with van der Waals surface area (Å²) in [6, 6.07) is 4.73. The maximum Gasteiger partial charge on any atom is 0.343 e. The van der Waals surface area contributed by atoms with Crippen molar-refractivity contribution in [3.8, 4) is 17.1 Å². The Labute approximate surface area is 182 Å². The number of carbonyl (C=O) groups excluding carboxylic acids is 1. The number of hydrogen-bond donors (Lipinski definition) is 1. The van der Waals surface area contributed by atoms with E-state index in [0.29, 0.717) is 29.8 Å². The van der Waals surface area contributed by atoms with Crippen molar-refractivity contribution < 1.29 is 18.3 Å². The molecule has 0 saturated heterocycles. The second kappa shape index (κ2) is 8.83. The number of nitrogens with zero attached hydrogens (tertiary/aromatic N) is 5. The highest BCUT2D eigenvalue weighted by Gasteiger charge is 2.21. The zero-order chi connectivity index (χ0) is 22.8. The molecule has 2 N–H and O–H groups in total. The number of ether oxygens (including phenoxy) is 1. The minimum Gasteiger partial charge on any atom is -0.462 e. The Morgan fingerprint density at radius 2 is 2.12 bits per heavy atom. The molecular formula is C22H22F2N6O2. The number of rotatable bonds is 7. The molecule has 0 unspecified atom stereocenters. The van der Waals surface area contributed by atoms with Gasteiger partial charge in [0.15, 0.2) is 17.3 Å². The molecule has 0 bridgehead atoms. The number of carbonyl (C=O) groups is 1. The number of pyridine rings is 1. The Balaban J connectivity index is 1.84. The molecule has 0 radical (unpaired) electrons. The maximum atomic E-state index is 15.0. The molecule has 4 heterocycles. The lowest BCUT2D eigenvalue weighted by Crippen LogP contribution is -2.16. The van der Waals surface area contributed by atoms with E-state index in [1.54, 1.807) is 25.3 Å². The van der Waals surface area contributed by atoms with Crippen LogP contribution in [0.5, 0.6) is 0 Å². The van der Waals surface area contributed by atoms with Gasteiger partial charge in [-0.15, -0.1) is 0 Å². The molecule has 0 aromatic carbocycles. The second-order valence-electron chi connectivity index (χ2n) is 7.39. The van der Waals surface area contributed by atoms with Gasteiger partial charge in [-0.3, -0.25) is 9.55 Å². The molecule has 166 valence electrons. The molecule has 32 heavy (non-hydrogen) atoms. The van der Waals surface area contributed by atoms with E-state index in [9.17, 15) is 9.18 Å². The van der Waals surface area contributed by atoms with E-state index in [1.165, 1.54) is 21.3 Å². The fourth-order valence-electron chi connectivity index (χ4n) is 3.44. The highest BCUT2D eigenvalue weighted by molar-refractivity contribution is 5.95. The van der Waals surface area contributed by atoms with Gasteiger partial charge in [-0.05, 0) is 44.9 Å². The van der Waals surface area contributed by atoms with Crippen molar-refractivity contribution in [1.29, 1.82) is 0 Å². The SMILES string of the molecule is CCOC(=O)c1cnn2cc(F)c(-n3cccc3-c3cc(F)cnc3CC[C@@H](C)N)nc12. The Hall–Kier alpha value is -3.66. The highest BCUT2D eigenvalue weighted by atomic mass is 19.1. The van der Waals surface area contributed by atoms with Crippen molar-refractivity contribution in [3.63, 3.8) is 0 Å². The monoisotopic (exact) mass is 440 g/mol. The first kappa shape index (κ1) is 21.6. The molecule has 0 aliphatic rings. The molecular weight excluding hydrogens is 418 g/mol. The smallest absolute Gasteiger partial charge is 0.343 e. The molecule has 4 aromatic rings. The lowest BCUT2D eigenvalue weighted by molar-refractivity contribution is 0.0528. The Morgan fingerprint density at radius 1 is 1.31 bits per heavy atom. The lowest BCUT2D eigenvalue weighted by atomic mass is 10.0. The first-order valence-electron chi connectivity index (χ1n) is 10.2. The van der Waals surface area contributed by atoms with E-state index in [4.69, 9.17) is 10.5 Å². The third-order valence-corrected chi connectivity index (χ3v) is 4.95. The number of hydrogen-bond acceptors (Lipinski definition) is 6. The van der Waals surface area contributed by atoms with Gasteiger partial charge in [-0.2, -0.15) is 5.10 Å². The van der Waals surface area contributed by atoms with Gasteiger partial charge < -0.3 is 10.5 Å². The standard InChI is InChI=1S/C22H22F2N6O2/c1-3-32-22(31)16-11-27-30-12-17(24)21(28-20(16)30)29-8-4-5-19(29)15-9-14(23)10-26-18(15)7-6-13(2)25/h4-5,8-13H,3,6-7,25H2,1-2H3/t13-/m1/s1. The minimum atomic E-state index is -0.671. The summed E-state index contributed by atoms with van der Waals surface area (Å²) >= 11 is 0. The predicted octanol–water partition coefficient (Wildman–Crippen LogP) is 3.32. The van der Waals surface area contributed by atoms with Crippen molar-refractivity contribution in [1.82, 2.24) is 24.1 Å². The highest BCUT2D eigenvalue weighted by Crippen LogP contribution is 2.28. The number of esters is 1. The fourth-order valence-corrected chi connectivity index (χ4v) is 3.44. The van der Waals surface area contributed by atoms with Crippen molar-refractivity contribution in [2.75, 3.05) is 6.61 Å². The van der Waals surface area contributed by atoms with E-state index in [1.807, 2.05) is 6.92 Å². The Morgan fingerprint density at radius 3 is 2.88 bits per heavy atom. The van der Waals surface area contributed by atoms with E-state index in [-0.39, 0.29) is 29.7 Å². The number of halogens is 2. The number of fused-ring (bicyclic) bond motifs is 1. The Kier molecular flexibility index (Phi) is 5.95. The zero-order valence-corrected chi connectivity index (χ0v) is 17.6. The minimum absolute atomic E-state index is 0.0498. The van der Waals surface area contributed by atoms with Gasteiger partial charge in [-0.1, -0.05) is 0 Å². The van der Waals surface area contributed by atoms with Crippen LogP contribution in [0.4, 0.5) is 8.78 Å². The van der Waals surface area contributed by atoms with Crippen LogP contribution < -0.4 is 5.73 Å². The summed E-state index contributed by atoms with van der Waals surface area (Å²) in [5.74, 6) is -1.85. The van der Waals surface area contributed by atoms with Gasteiger partial charge in [0.25, 0.3) is 0 Å². The summed E-state index contributed by atoms with van der Waals surface area (Å²) in [6.45, 7) is 3.75. The molecule has 0 fully saturated rings. The topological polar surface area (TPSA) is 100 Å². The van der Waals surface area contributed by atoms with Crippen LogP contribution in [0.2, 0.25) is 0 Å². The quantitative estimate of drug-likeness (QED) is 0.443. The van der Waals surface area contributed by atoms with E-state index in [2.05, 4.69) is 15.1 Å². The fraction of sp³-hybridized carbons (Fsp3) is 0.273. The van der Waals surface area contributed by atoms with Gasteiger partial charge in [0.1, 0.15) is 11.4 Å². The molecule has 4 aromatic heterocycles. The van der Waals surface area contributed by atoms with E-state index in [0.717, 1.165) is 12.4 Å². The third kappa shape index (κ3) is 4.09. The van der Waals surface area contributed by atoms with Crippen molar-refractivity contribution in [3.05, 3.63) is 65.9 Å². The molecule has 0 saturated carbocycles. The van der Waals surface area contributed by atoms with E-state index < -0.39 is 17.6 Å². The summed E-state index contributed by atoms with van der Waals surface area (Å²) in [6.07, 6.45) is 6.36. The van der Waals surface area contributed by atoms with Crippen LogP contribution in [0.3, 0.4) is 0 Å². The number of aromatic nitrogens is 5. The maximum absolute atomic E-state index is 15.0. The third-order valence-electron chi connectivity index (χ3n) is 4.95. The normalized spacial score (nSPS) is 12.3. The van der Waals surface area contributed by atoms with Gasteiger partial charge in [0.05, 0.1) is 30.9 Å². The molecule has 0 spiro atoms. The molecule has 0 aliphatic carbocycles. The molecule has 0 amide bonds. The largest absolute Gasteiger partial charge is 0.462 e. The summed E-state index contributed by atoms with van der Waals surface area (Å²) in [7, 11) is 0. The van der Waals surface area contributed by atoms with Crippen molar-refractivity contribution >= 4 is 11.6 Å². The van der Waals surface area contributed by atoms with Crippen LogP contribution >= 0.6 is 0 Å². The molecule has 0 aliphatic heterocycles. The summed E-state index contributed by atoms with van der Waals surface area (Å²) < 4.78 is 36.8. The van der Waals surface area contributed by atoms with Crippen LogP contribution in [0.25, 0.3) is 22.7 Å². The average Bonchev–Trinajstić information content (AvgIpc) is 3.39. The average molecular weight is 440 g/mol. The Bertz CT molecular complexity index is 1280. The number of nitrogens with two attached hydrogens (primary N) is 1. The summed E-state index contributed by atoms with van der Waals surface area (Å²) in [5, 5.41) is 3.99. The summed E-state index contributed by atoms with van der Waals surface area (Å²) in [5.41, 5.74) is 7.79. The lowest BCUT2D eigenvalue weighted by Gasteiger charge is -2.14. The second-order valence-corrected chi connectivity index (χ2v) is 7.39. The van der Waals surface area contributed by atoms with Gasteiger partial charge >= 0.3 is 5.97 Å². The van der Waals surface area contributed by atoms with Crippen molar-refractivity contribution in [2.24, 2.45) is 5.73 Å². The van der Waals surface area contributed by atoms with E-state index >= 15 is 4.39 Å². The van der Waals surface area contributed by atoms with Crippen molar-refractivity contribution in [2.45, 2.75) is 32.7 Å². The van der Waals surface area contributed by atoms with Crippen LogP contribution in [-0.2, 0) is 11.2 Å². The van der Waals surface area contributed by atoms with Crippen LogP contribution in [0.15, 0.2) is 43.0 Å². The van der Waals surface area contributed by atoms with Crippen LogP contribution in [-0.4, -0.2) is 42.8 Å². The summed E-state index contributed by atoms with van der Waals surface area (Å²) in [4.78, 5) is 20.8. The molecule has 8 nitrogen and oxygen atoms in total. The first-order valence-corrected chi connectivity index (χ1v) is 10.2. The molecule has 10 heteroatoms.